The number of methoxy groups -OCH3 is 2. The van der Waals surface area contributed by atoms with Gasteiger partial charge in [0.25, 0.3) is 0 Å². The van der Waals surface area contributed by atoms with Crippen molar-refractivity contribution in [1.29, 1.82) is 0 Å². The van der Waals surface area contributed by atoms with E-state index in [0.29, 0.717) is 11.5 Å². The highest BCUT2D eigenvalue weighted by atomic mass is 32.2. The van der Waals surface area contributed by atoms with Gasteiger partial charge in [0.05, 0.1) is 14.2 Å². The van der Waals surface area contributed by atoms with E-state index in [1.807, 2.05) is 0 Å². The molecule has 2 rings (SSSR count). The minimum absolute atomic E-state index is 0.00319. The van der Waals surface area contributed by atoms with Crippen LogP contribution < -0.4 is 18.9 Å². The summed E-state index contributed by atoms with van der Waals surface area (Å²) in [6.07, 6.45) is 0. The molecule has 0 radical (unpaired) electrons. The van der Waals surface area contributed by atoms with Gasteiger partial charge in [0.2, 0.25) is 10.0 Å². The average molecular weight is 355 g/mol. The molecule has 0 unspecified atom stereocenters. The smallest absolute Gasteiger partial charge is 0.244 e. The predicted molar refractivity (Wildman–Crippen MR) is 86.6 cm³/mol. The van der Waals surface area contributed by atoms with E-state index in [9.17, 15) is 12.8 Å². The summed E-state index contributed by atoms with van der Waals surface area (Å²) in [7, 11) is -0.922. The SMILES string of the molecule is COc1ccc(S(=O)(=O)NCCOc2cccc(F)c2)c(OC)c1. The molecule has 0 atom stereocenters. The third kappa shape index (κ3) is 4.59. The van der Waals surface area contributed by atoms with Crippen LogP contribution in [0, 0.1) is 5.82 Å². The molecular formula is C16H18FNO5S. The van der Waals surface area contributed by atoms with Crippen molar-refractivity contribution in [3.63, 3.8) is 0 Å². The quantitative estimate of drug-likeness (QED) is 0.735. The fourth-order valence-electron chi connectivity index (χ4n) is 1.98. The lowest BCUT2D eigenvalue weighted by molar-refractivity contribution is 0.321. The molecule has 0 saturated heterocycles. The number of hydrogen-bond donors (Lipinski definition) is 1. The molecule has 0 aliphatic heterocycles. The molecule has 0 fully saturated rings. The van der Waals surface area contributed by atoms with E-state index in [1.165, 1.54) is 50.6 Å². The molecule has 0 spiro atoms. The maximum absolute atomic E-state index is 13.0. The number of hydrogen-bond acceptors (Lipinski definition) is 5. The molecule has 0 aliphatic carbocycles. The van der Waals surface area contributed by atoms with Crippen molar-refractivity contribution in [1.82, 2.24) is 4.72 Å². The van der Waals surface area contributed by atoms with Gasteiger partial charge in [0, 0.05) is 18.7 Å². The van der Waals surface area contributed by atoms with Gasteiger partial charge in [0.1, 0.15) is 34.6 Å². The normalized spacial score (nSPS) is 11.1. The monoisotopic (exact) mass is 355 g/mol. The lowest BCUT2D eigenvalue weighted by Gasteiger charge is -2.12. The summed E-state index contributed by atoms with van der Waals surface area (Å²) in [5.41, 5.74) is 0. The zero-order valence-electron chi connectivity index (χ0n) is 13.3. The van der Waals surface area contributed by atoms with Gasteiger partial charge in [-0.15, -0.1) is 0 Å². The van der Waals surface area contributed by atoms with Gasteiger partial charge >= 0.3 is 0 Å². The summed E-state index contributed by atoms with van der Waals surface area (Å²) in [6.45, 7) is 0.0786. The Bertz CT molecular complexity index is 795. The van der Waals surface area contributed by atoms with Gasteiger partial charge in [-0.1, -0.05) is 6.07 Å². The molecule has 0 amide bonds. The van der Waals surface area contributed by atoms with Crippen LogP contribution in [0.15, 0.2) is 47.4 Å². The Hall–Kier alpha value is -2.32. The predicted octanol–water partition coefficient (Wildman–Crippen LogP) is 2.20. The Labute approximate surface area is 140 Å². The van der Waals surface area contributed by atoms with E-state index in [1.54, 1.807) is 6.07 Å². The van der Waals surface area contributed by atoms with Crippen LogP contribution in [0.3, 0.4) is 0 Å². The maximum atomic E-state index is 13.0. The van der Waals surface area contributed by atoms with E-state index in [0.717, 1.165) is 0 Å². The summed E-state index contributed by atoms with van der Waals surface area (Å²) in [5.74, 6) is 0.570. The van der Waals surface area contributed by atoms with Crippen molar-refractivity contribution < 1.29 is 27.0 Å². The van der Waals surface area contributed by atoms with Crippen LogP contribution in [0.5, 0.6) is 17.2 Å². The Morgan fingerprint density at radius 3 is 2.50 bits per heavy atom. The lowest BCUT2D eigenvalue weighted by atomic mass is 10.3. The second-order valence-electron chi connectivity index (χ2n) is 4.72. The van der Waals surface area contributed by atoms with E-state index < -0.39 is 15.8 Å². The zero-order valence-corrected chi connectivity index (χ0v) is 14.1. The highest BCUT2D eigenvalue weighted by Gasteiger charge is 2.19. The first-order valence-electron chi connectivity index (χ1n) is 7.06. The van der Waals surface area contributed by atoms with Gasteiger partial charge in [-0.25, -0.2) is 17.5 Å². The molecule has 130 valence electrons. The third-order valence-electron chi connectivity index (χ3n) is 3.12. The second-order valence-corrected chi connectivity index (χ2v) is 6.46. The minimum Gasteiger partial charge on any atom is -0.497 e. The Morgan fingerprint density at radius 2 is 1.83 bits per heavy atom. The molecule has 8 heteroatoms. The van der Waals surface area contributed by atoms with Crippen LogP contribution in [0.1, 0.15) is 0 Å². The number of ether oxygens (including phenoxy) is 3. The van der Waals surface area contributed by atoms with Gasteiger partial charge in [-0.2, -0.15) is 0 Å². The van der Waals surface area contributed by atoms with Gasteiger partial charge < -0.3 is 14.2 Å². The summed E-state index contributed by atoms with van der Waals surface area (Å²) < 4.78 is 55.5. The molecular weight excluding hydrogens is 337 g/mol. The molecule has 6 nitrogen and oxygen atoms in total. The molecule has 0 aromatic heterocycles. The Morgan fingerprint density at radius 1 is 1.04 bits per heavy atom. The highest BCUT2D eigenvalue weighted by molar-refractivity contribution is 7.89. The number of rotatable bonds is 8. The first kappa shape index (κ1) is 18.0. The van der Waals surface area contributed by atoms with Crippen molar-refractivity contribution in [2.75, 3.05) is 27.4 Å². The van der Waals surface area contributed by atoms with Crippen LogP contribution in [-0.2, 0) is 10.0 Å². The second kappa shape index (κ2) is 7.98. The van der Waals surface area contributed by atoms with Crippen molar-refractivity contribution >= 4 is 10.0 Å². The first-order chi connectivity index (χ1) is 11.5. The van der Waals surface area contributed by atoms with Gasteiger partial charge in [-0.3, -0.25) is 0 Å². The molecule has 0 heterocycles. The van der Waals surface area contributed by atoms with Gasteiger partial charge in [-0.05, 0) is 24.3 Å². The summed E-state index contributed by atoms with van der Waals surface area (Å²) in [6, 6.07) is 10.0. The third-order valence-corrected chi connectivity index (χ3v) is 4.62. The largest absolute Gasteiger partial charge is 0.497 e. The fourth-order valence-corrected chi connectivity index (χ4v) is 3.14. The molecule has 0 bridgehead atoms. The summed E-state index contributed by atoms with van der Waals surface area (Å²) >= 11 is 0. The minimum atomic E-state index is -3.78. The molecule has 0 aliphatic rings. The number of sulfonamides is 1. The fraction of sp³-hybridized carbons (Fsp3) is 0.250. The van der Waals surface area contributed by atoms with Crippen LogP contribution in [0.25, 0.3) is 0 Å². The Balaban J connectivity index is 1.98. The molecule has 2 aromatic carbocycles. The number of halogens is 1. The van der Waals surface area contributed by atoms with E-state index >= 15 is 0 Å². The van der Waals surface area contributed by atoms with Crippen molar-refractivity contribution in [3.8, 4) is 17.2 Å². The van der Waals surface area contributed by atoms with Crippen molar-refractivity contribution in [2.24, 2.45) is 0 Å². The summed E-state index contributed by atoms with van der Waals surface area (Å²) in [5, 5.41) is 0. The van der Waals surface area contributed by atoms with E-state index in [-0.39, 0.29) is 23.8 Å². The highest BCUT2D eigenvalue weighted by Crippen LogP contribution is 2.28. The number of nitrogens with one attached hydrogen (secondary N) is 1. The van der Waals surface area contributed by atoms with Crippen molar-refractivity contribution in [2.45, 2.75) is 4.90 Å². The molecule has 0 saturated carbocycles. The number of benzene rings is 2. The average Bonchev–Trinajstić information content (AvgIpc) is 2.58. The van der Waals surface area contributed by atoms with E-state index in [2.05, 4.69) is 4.72 Å². The Kier molecular flexibility index (Phi) is 5.99. The van der Waals surface area contributed by atoms with E-state index in [4.69, 9.17) is 14.2 Å². The topological polar surface area (TPSA) is 73.9 Å². The lowest BCUT2D eigenvalue weighted by Crippen LogP contribution is -2.28. The summed E-state index contributed by atoms with van der Waals surface area (Å²) in [4.78, 5) is -0.00319. The molecule has 1 N–H and O–H groups in total. The zero-order chi connectivity index (χ0) is 17.6. The standard InChI is InChI=1S/C16H18FNO5S/c1-21-13-6-7-16(15(11-13)22-2)24(19,20)18-8-9-23-14-5-3-4-12(17)10-14/h3-7,10-11,18H,8-9H2,1-2H3. The maximum Gasteiger partial charge on any atom is 0.244 e. The van der Waals surface area contributed by atoms with Crippen LogP contribution in [0.4, 0.5) is 4.39 Å². The molecule has 24 heavy (non-hydrogen) atoms. The van der Waals surface area contributed by atoms with Gasteiger partial charge in [0.15, 0.2) is 0 Å². The van der Waals surface area contributed by atoms with Crippen LogP contribution in [0.2, 0.25) is 0 Å². The van der Waals surface area contributed by atoms with Crippen LogP contribution >= 0.6 is 0 Å². The first-order valence-corrected chi connectivity index (χ1v) is 8.54. The van der Waals surface area contributed by atoms with Crippen molar-refractivity contribution in [3.05, 3.63) is 48.3 Å². The van der Waals surface area contributed by atoms with Crippen LogP contribution in [-0.4, -0.2) is 35.8 Å². The molecule has 2 aromatic rings.